The van der Waals surface area contributed by atoms with Gasteiger partial charge in [-0.15, -0.1) is 0 Å². The van der Waals surface area contributed by atoms with Crippen molar-refractivity contribution in [3.63, 3.8) is 0 Å². The summed E-state index contributed by atoms with van der Waals surface area (Å²) in [5, 5.41) is 11.8. The Morgan fingerprint density at radius 3 is 2.67 bits per heavy atom. The third kappa shape index (κ3) is 4.80. The molecular formula is C25H34N6O2. The minimum Gasteiger partial charge on any atom is -0.369 e. The van der Waals surface area contributed by atoms with Gasteiger partial charge in [-0.25, -0.2) is 0 Å². The van der Waals surface area contributed by atoms with Crippen LogP contribution in [0.15, 0.2) is 29.2 Å². The van der Waals surface area contributed by atoms with Gasteiger partial charge in [0.2, 0.25) is 0 Å². The third-order valence-electron chi connectivity index (χ3n) is 6.23. The van der Waals surface area contributed by atoms with E-state index < -0.39 is 0 Å². The summed E-state index contributed by atoms with van der Waals surface area (Å²) in [6, 6.07) is 6.28. The highest BCUT2D eigenvalue weighted by Crippen LogP contribution is 2.28. The first-order chi connectivity index (χ1) is 15.9. The number of amides is 1. The van der Waals surface area contributed by atoms with Gasteiger partial charge >= 0.3 is 0 Å². The van der Waals surface area contributed by atoms with Gasteiger partial charge in [-0.1, -0.05) is 13.3 Å². The molecule has 1 amide bonds. The predicted molar refractivity (Wildman–Crippen MR) is 132 cm³/mol. The lowest BCUT2D eigenvalue weighted by molar-refractivity contribution is 0.0952. The maximum atomic E-state index is 13.4. The lowest BCUT2D eigenvalue weighted by Crippen LogP contribution is -2.43. The van der Waals surface area contributed by atoms with Crippen LogP contribution in [0.25, 0.3) is 10.9 Å². The Kier molecular flexibility index (Phi) is 6.83. The minimum absolute atomic E-state index is 0.133. The number of nitrogens with one attached hydrogen (secondary N) is 3. The van der Waals surface area contributed by atoms with E-state index in [1.807, 2.05) is 23.7 Å². The first-order valence-electron chi connectivity index (χ1n) is 11.9. The Balaban J connectivity index is 1.69. The molecule has 1 aliphatic rings. The van der Waals surface area contributed by atoms with E-state index in [2.05, 4.69) is 52.5 Å². The van der Waals surface area contributed by atoms with E-state index in [1.54, 1.807) is 6.20 Å². The molecule has 176 valence electrons. The number of piperazine rings is 1. The van der Waals surface area contributed by atoms with Gasteiger partial charge < -0.3 is 20.5 Å². The number of carbonyl (C=O) groups excluding carboxylic acids is 1. The molecule has 1 saturated heterocycles. The van der Waals surface area contributed by atoms with Crippen molar-refractivity contribution in [2.45, 2.75) is 53.1 Å². The maximum Gasteiger partial charge on any atom is 0.253 e. The Morgan fingerprint density at radius 2 is 1.97 bits per heavy atom. The van der Waals surface area contributed by atoms with Crippen molar-refractivity contribution >= 4 is 22.5 Å². The first kappa shape index (κ1) is 23.0. The largest absolute Gasteiger partial charge is 0.369 e. The third-order valence-corrected chi connectivity index (χ3v) is 6.23. The smallest absolute Gasteiger partial charge is 0.253 e. The molecule has 0 bridgehead atoms. The molecule has 8 heteroatoms. The quantitative estimate of drug-likeness (QED) is 0.515. The van der Waals surface area contributed by atoms with Gasteiger partial charge in [0.05, 0.1) is 17.3 Å². The number of fused-ring (bicyclic) bond motifs is 1. The molecule has 0 radical (unpaired) electrons. The summed E-state index contributed by atoms with van der Waals surface area (Å²) in [4.78, 5) is 31.2. The van der Waals surface area contributed by atoms with Crippen LogP contribution in [0.3, 0.4) is 0 Å². The Morgan fingerprint density at radius 1 is 1.21 bits per heavy atom. The number of anilines is 1. The molecule has 0 spiro atoms. The van der Waals surface area contributed by atoms with Gasteiger partial charge in [-0.3, -0.25) is 14.3 Å². The molecule has 2 aromatic heterocycles. The zero-order chi connectivity index (χ0) is 23.5. The molecule has 0 unspecified atom stereocenters. The normalized spacial score (nSPS) is 14.3. The number of benzene rings is 1. The van der Waals surface area contributed by atoms with Crippen molar-refractivity contribution in [3.05, 3.63) is 57.1 Å². The van der Waals surface area contributed by atoms with Crippen molar-refractivity contribution in [2.24, 2.45) is 0 Å². The summed E-state index contributed by atoms with van der Waals surface area (Å²) in [7, 11) is 0. The molecule has 0 atom stereocenters. The summed E-state index contributed by atoms with van der Waals surface area (Å²) < 4.78 is 1.96. The number of aryl methyl sites for hydroxylation is 2. The van der Waals surface area contributed by atoms with E-state index in [-0.39, 0.29) is 24.1 Å². The predicted octanol–water partition coefficient (Wildman–Crippen LogP) is 2.91. The van der Waals surface area contributed by atoms with E-state index in [4.69, 9.17) is 0 Å². The number of aromatic amines is 1. The van der Waals surface area contributed by atoms with Crippen molar-refractivity contribution in [2.75, 3.05) is 31.1 Å². The average molecular weight is 451 g/mol. The Labute approximate surface area is 194 Å². The van der Waals surface area contributed by atoms with Gasteiger partial charge in [-0.2, -0.15) is 5.10 Å². The van der Waals surface area contributed by atoms with Crippen molar-refractivity contribution in [1.82, 2.24) is 25.4 Å². The van der Waals surface area contributed by atoms with E-state index in [1.165, 1.54) is 0 Å². The summed E-state index contributed by atoms with van der Waals surface area (Å²) >= 11 is 0. The van der Waals surface area contributed by atoms with E-state index in [0.29, 0.717) is 11.1 Å². The Bertz CT molecular complexity index is 1200. The van der Waals surface area contributed by atoms with Gasteiger partial charge in [0.1, 0.15) is 0 Å². The fourth-order valence-corrected chi connectivity index (χ4v) is 4.57. The molecule has 1 fully saturated rings. The van der Waals surface area contributed by atoms with Gasteiger partial charge in [0, 0.05) is 61.1 Å². The second kappa shape index (κ2) is 9.79. The number of hydrogen-bond donors (Lipinski definition) is 3. The lowest BCUT2D eigenvalue weighted by Gasteiger charge is -2.30. The molecule has 3 N–H and O–H groups in total. The fourth-order valence-electron chi connectivity index (χ4n) is 4.57. The van der Waals surface area contributed by atoms with Crippen LogP contribution >= 0.6 is 0 Å². The summed E-state index contributed by atoms with van der Waals surface area (Å²) in [6.07, 6.45) is 3.51. The number of carbonyl (C=O) groups is 1. The first-order valence-corrected chi connectivity index (χ1v) is 11.9. The highest BCUT2D eigenvalue weighted by atomic mass is 16.1. The van der Waals surface area contributed by atoms with Crippen LogP contribution in [0.4, 0.5) is 5.69 Å². The summed E-state index contributed by atoms with van der Waals surface area (Å²) in [5.74, 6) is -0.192. The molecule has 0 saturated carbocycles. The second-order valence-corrected chi connectivity index (χ2v) is 9.06. The minimum atomic E-state index is -0.192. The average Bonchev–Trinajstić information content (AvgIpc) is 3.23. The van der Waals surface area contributed by atoms with Gasteiger partial charge in [0.15, 0.2) is 0 Å². The summed E-state index contributed by atoms with van der Waals surface area (Å²) in [6.45, 7) is 12.0. The maximum absolute atomic E-state index is 13.4. The zero-order valence-electron chi connectivity index (χ0n) is 20.0. The zero-order valence-corrected chi connectivity index (χ0v) is 20.0. The van der Waals surface area contributed by atoms with E-state index in [0.717, 1.165) is 66.9 Å². The topological polar surface area (TPSA) is 95.1 Å². The number of aromatic nitrogens is 3. The highest BCUT2D eigenvalue weighted by Gasteiger charge is 2.20. The van der Waals surface area contributed by atoms with Crippen LogP contribution in [-0.2, 0) is 13.0 Å². The molecule has 3 aromatic rings. The summed E-state index contributed by atoms with van der Waals surface area (Å²) in [5.41, 5.74) is 4.89. The van der Waals surface area contributed by atoms with Crippen molar-refractivity contribution in [3.8, 4) is 0 Å². The van der Waals surface area contributed by atoms with Crippen molar-refractivity contribution < 1.29 is 4.79 Å². The molecule has 8 nitrogen and oxygen atoms in total. The van der Waals surface area contributed by atoms with Crippen LogP contribution in [0.1, 0.15) is 60.4 Å². The van der Waals surface area contributed by atoms with E-state index >= 15 is 0 Å². The van der Waals surface area contributed by atoms with Crippen LogP contribution in [0, 0.1) is 6.92 Å². The SMILES string of the molecule is CCCc1cc(C)[nH]c(=O)c1CNC(=O)c1cc(N2CCNCC2)cc2c1cnn2C(C)C. The monoisotopic (exact) mass is 450 g/mol. The highest BCUT2D eigenvalue weighted by molar-refractivity contribution is 6.07. The van der Waals surface area contributed by atoms with Crippen LogP contribution < -0.4 is 21.1 Å². The number of rotatable bonds is 7. The molecule has 4 rings (SSSR count). The number of hydrogen-bond acceptors (Lipinski definition) is 5. The van der Waals surface area contributed by atoms with Crippen LogP contribution in [0.2, 0.25) is 0 Å². The number of nitrogens with zero attached hydrogens (tertiary/aromatic N) is 3. The molecule has 1 aliphatic heterocycles. The lowest BCUT2D eigenvalue weighted by atomic mass is 10.0. The molecule has 3 heterocycles. The Hall–Kier alpha value is -3.13. The van der Waals surface area contributed by atoms with E-state index in [9.17, 15) is 9.59 Å². The van der Waals surface area contributed by atoms with Gasteiger partial charge in [-0.05, 0) is 51.0 Å². The molecule has 33 heavy (non-hydrogen) atoms. The van der Waals surface area contributed by atoms with Crippen LogP contribution in [0.5, 0.6) is 0 Å². The second-order valence-electron chi connectivity index (χ2n) is 9.06. The molecule has 1 aromatic carbocycles. The van der Waals surface area contributed by atoms with Crippen molar-refractivity contribution in [1.29, 1.82) is 0 Å². The molecular weight excluding hydrogens is 416 g/mol. The number of pyridine rings is 1. The molecule has 0 aliphatic carbocycles. The van der Waals surface area contributed by atoms with Gasteiger partial charge in [0.25, 0.3) is 11.5 Å². The van der Waals surface area contributed by atoms with Crippen LogP contribution in [-0.4, -0.2) is 46.9 Å². The number of H-pyrrole nitrogens is 1. The standard InChI is InChI=1S/C25H34N6O2/c1-5-6-18-11-17(4)29-25(33)21(18)14-27-24(32)20-12-19(30-9-7-26-8-10-30)13-23-22(20)15-28-31(23)16(2)3/h11-13,15-16,26H,5-10,14H2,1-4H3,(H,27,32)(H,29,33). The fraction of sp³-hybridized carbons (Fsp3) is 0.480.